The van der Waals surface area contributed by atoms with Crippen molar-refractivity contribution in [1.82, 2.24) is 9.97 Å². The van der Waals surface area contributed by atoms with Crippen LogP contribution in [0.5, 0.6) is 5.88 Å². The van der Waals surface area contributed by atoms with Crippen molar-refractivity contribution >= 4 is 23.5 Å². The van der Waals surface area contributed by atoms with Crippen molar-refractivity contribution in [3.05, 3.63) is 5.82 Å². The number of aromatic nitrogens is 2. The minimum absolute atomic E-state index is 0.157. The number of nitrogens with two attached hydrogens (primary N) is 1. The highest BCUT2D eigenvalue weighted by molar-refractivity contribution is 7.98. The summed E-state index contributed by atoms with van der Waals surface area (Å²) in [5.74, 6) is 0.795. The number of morpholine rings is 1. The second-order valence-electron chi connectivity index (χ2n) is 9.43. The summed E-state index contributed by atoms with van der Waals surface area (Å²) in [6, 6.07) is 0. The molecule has 0 spiro atoms. The average Bonchev–Trinajstić information content (AvgIpc) is 2.72. The number of thioether (sulfide) groups is 1. The molecule has 4 saturated carbocycles. The van der Waals surface area contributed by atoms with Crippen molar-refractivity contribution in [2.24, 2.45) is 28.9 Å². The lowest BCUT2D eigenvalue weighted by Gasteiger charge is -2.58. The Hall–Kier alpha value is -1.61. The first-order chi connectivity index (χ1) is 14.5. The van der Waals surface area contributed by atoms with Gasteiger partial charge in [0, 0.05) is 18.5 Å². The Balaban J connectivity index is 1.48. The molecule has 5 aliphatic rings. The molecule has 7 nitrogen and oxygen atoms in total. The molecule has 1 aromatic heterocycles. The summed E-state index contributed by atoms with van der Waals surface area (Å²) in [6.07, 6.45) is 7.51. The van der Waals surface area contributed by atoms with E-state index in [1.54, 1.807) is 0 Å². The first-order valence-electron chi connectivity index (χ1n) is 10.9. The van der Waals surface area contributed by atoms with Gasteiger partial charge in [-0.3, -0.25) is 4.79 Å². The Morgan fingerprint density at radius 3 is 2.33 bits per heavy atom. The molecule has 9 heteroatoms. The fourth-order valence-electron chi connectivity index (χ4n) is 6.65. The van der Waals surface area contributed by atoms with Crippen LogP contribution in [0.3, 0.4) is 0 Å². The van der Waals surface area contributed by atoms with Gasteiger partial charge in [-0.15, -0.1) is 0 Å². The first-order valence-corrected chi connectivity index (χ1v) is 12.1. The largest absolute Gasteiger partial charge is 0.461 e. The third-order valence-electron chi connectivity index (χ3n) is 7.41. The zero-order valence-corrected chi connectivity index (χ0v) is 18.1. The normalized spacial score (nSPS) is 33.5. The van der Waals surface area contributed by atoms with Crippen molar-refractivity contribution in [3.63, 3.8) is 0 Å². The number of amides is 1. The van der Waals surface area contributed by atoms with Gasteiger partial charge < -0.3 is 20.1 Å². The molecule has 0 aromatic carbocycles. The van der Waals surface area contributed by atoms with E-state index in [9.17, 15) is 4.79 Å². The number of carbonyl (C=O) groups excluding carboxylic acids is 1. The van der Waals surface area contributed by atoms with Gasteiger partial charge in [-0.05, 0) is 62.5 Å². The van der Waals surface area contributed by atoms with Crippen LogP contribution in [0.15, 0.2) is 5.16 Å². The molecule has 1 aromatic rings. The average molecular weight is 437 g/mol. The van der Waals surface area contributed by atoms with Crippen molar-refractivity contribution < 1.29 is 18.7 Å². The smallest absolute Gasteiger partial charge is 0.259 e. The van der Waals surface area contributed by atoms with E-state index in [-0.39, 0.29) is 17.1 Å². The lowest BCUT2D eigenvalue weighted by atomic mass is 9.48. The van der Waals surface area contributed by atoms with Gasteiger partial charge in [-0.25, -0.2) is 4.98 Å². The molecule has 1 atom stereocenters. The zero-order valence-electron chi connectivity index (χ0n) is 17.3. The number of halogens is 1. The molecule has 1 aliphatic heterocycles. The van der Waals surface area contributed by atoms with Crippen molar-refractivity contribution in [3.8, 4) is 5.88 Å². The molecule has 30 heavy (non-hydrogen) atoms. The summed E-state index contributed by atoms with van der Waals surface area (Å²) >= 11 is 1.32. The van der Waals surface area contributed by atoms with Crippen LogP contribution in [-0.4, -0.2) is 54.5 Å². The molecule has 4 aliphatic carbocycles. The van der Waals surface area contributed by atoms with E-state index in [4.69, 9.17) is 15.2 Å². The Labute approximate surface area is 180 Å². The van der Waals surface area contributed by atoms with Crippen LogP contribution in [0, 0.1) is 29.0 Å². The molecule has 1 amide bonds. The molecular formula is C21H29FN4O3S. The third kappa shape index (κ3) is 3.53. The number of nitrogens with zero attached hydrogens (tertiary/aromatic N) is 3. The van der Waals surface area contributed by atoms with E-state index in [1.807, 2.05) is 11.2 Å². The summed E-state index contributed by atoms with van der Waals surface area (Å²) in [6.45, 7) is 2.14. The maximum atomic E-state index is 15.5. The standard InChI is InChI=1S/C21H29FN4O3S/c1-30-20-24-18(26-2-4-28-5-3-26)15(22)19(25-20)29-16(17(23)27)21-9-12-6-13(10-21)8-14(7-12)11-21/h12-14,16H,2-11H2,1H3,(H2,23,27). The van der Waals surface area contributed by atoms with Crippen LogP contribution in [-0.2, 0) is 9.53 Å². The maximum Gasteiger partial charge on any atom is 0.259 e. The van der Waals surface area contributed by atoms with Crippen molar-refractivity contribution in [1.29, 1.82) is 0 Å². The van der Waals surface area contributed by atoms with E-state index in [0.29, 0.717) is 49.2 Å². The Bertz CT molecular complexity index is 797. The van der Waals surface area contributed by atoms with E-state index >= 15 is 4.39 Å². The molecule has 5 fully saturated rings. The topological polar surface area (TPSA) is 90.6 Å². The molecule has 2 heterocycles. The van der Waals surface area contributed by atoms with Gasteiger partial charge >= 0.3 is 0 Å². The molecule has 1 unspecified atom stereocenters. The summed E-state index contributed by atoms with van der Waals surface area (Å²) in [5, 5.41) is 0.418. The second kappa shape index (κ2) is 7.82. The fourth-order valence-corrected chi connectivity index (χ4v) is 7.00. The lowest BCUT2D eigenvalue weighted by Crippen LogP contribution is -2.57. The number of primary amides is 1. The molecule has 4 bridgehead atoms. The quantitative estimate of drug-likeness (QED) is 0.541. The lowest BCUT2D eigenvalue weighted by molar-refractivity contribution is -0.148. The minimum atomic E-state index is -0.859. The van der Waals surface area contributed by atoms with Crippen LogP contribution in [0.25, 0.3) is 0 Å². The summed E-state index contributed by atoms with van der Waals surface area (Å²) in [7, 11) is 0. The van der Waals surface area contributed by atoms with E-state index in [1.165, 1.54) is 31.0 Å². The highest BCUT2D eigenvalue weighted by Crippen LogP contribution is 2.61. The second-order valence-corrected chi connectivity index (χ2v) is 10.2. The van der Waals surface area contributed by atoms with Gasteiger partial charge in [-0.1, -0.05) is 11.8 Å². The number of hydrogen-bond donors (Lipinski definition) is 1. The van der Waals surface area contributed by atoms with Crippen LogP contribution >= 0.6 is 11.8 Å². The van der Waals surface area contributed by atoms with Gasteiger partial charge in [0.2, 0.25) is 5.82 Å². The van der Waals surface area contributed by atoms with Crippen LogP contribution in [0.4, 0.5) is 10.2 Å². The predicted molar refractivity (Wildman–Crippen MR) is 111 cm³/mol. The molecule has 0 radical (unpaired) electrons. The maximum absolute atomic E-state index is 15.5. The number of ether oxygens (including phenoxy) is 2. The molecule has 1 saturated heterocycles. The summed E-state index contributed by atoms with van der Waals surface area (Å²) in [4.78, 5) is 23.1. The van der Waals surface area contributed by atoms with Crippen LogP contribution < -0.4 is 15.4 Å². The molecule has 2 N–H and O–H groups in total. The SMILES string of the molecule is CSc1nc(OC(C(N)=O)C23CC4CC(CC(C4)C2)C3)c(F)c(N2CCOCC2)n1. The minimum Gasteiger partial charge on any atom is -0.461 e. The van der Waals surface area contributed by atoms with Crippen molar-refractivity contribution in [2.75, 3.05) is 37.5 Å². The first kappa shape index (κ1) is 20.3. The number of carbonyl (C=O) groups is 1. The highest BCUT2D eigenvalue weighted by atomic mass is 32.2. The Morgan fingerprint density at radius 2 is 1.80 bits per heavy atom. The molecular weight excluding hydrogens is 407 g/mol. The zero-order chi connectivity index (χ0) is 20.9. The van der Waals surface area contributed by atoms with Gasteiger partial charge in [0.15, 0.2) is 17.1 Å². The molecule has 164 valence electrons. The van der Waals surface area contributed by atoms with Gasteiger partial charge in [-0.2, -0.15) is 9.37 Å². The Morgan fingerprint density at radius 1 is 1.20 bits per heavy atom. The van der Waals surface area contributed by atoms with E-state index < -0.39 is 17.8 Å². The van der Waals surface area contributed by atoms with Crippen LogP contribution in [0.2, 0.25) is 0 Å². The fraction of sp³-hybridized carbons (Fsp3) is 0.762. The van der Waals surface area contributed by atoms with E-state index in [2.05, 4.69) is 9.97 Å². The highest BCUT2D eigenvalue weighted by Gasteiger charge is 2.57. The van der Waals surface area contributed by atoms with Crippen molar-refractivity contribution in [2.45, 2.75) is 49.8 Å². The monoisotopic (exact) mass is 436 g/mol. The van der Waals surface area contributed by atoms with Crippen LogP contribution in [0.1, 0.15) is 38.5 Å². The third-order valence-corrected chi connectivity index (χ3v) is 7.95. The number of anilines is 1. The summed E-state index contributed by atoms with van der Waals surface area (Å²) < 4.78 is 26.9. The van der Waals surface area contributed by atoms with Gasteiger partial charge in [0.05, 0.1) is 13.2 Å². The van der Waals surface area contributed by atoms with Gasteiger partial charge in [0.25, 0.3) is 11.8 Å². The predicted octanol–water partition coefficient (Wildman–Crippen LogP) is 2.62. The number of hydrogen-bond acceptors (Lipinski definition) is 7. The van der Waals surface area contributed by atoms with Gasteiger partial charge in [0.1, 0.15) is 0 Å². The molecule has 6 rings (SSSR count). The summed E-state index contributed by atoms with van der Waals surface area (Å²) in [5.41, 5.74) is 5.55. The number of rotatable bonds is 6. The Kier molecular flexibility index (Phi) is 5.29. The van der Waals surface area contributed by atoms with E-state index in [0.717, 1.165) is 19.3 Å².